The molecule has 3 aromatic rings. The Hall–Kier alpha value is -3.86. The highest BCUT2D eigenvalue weighted by Crippen LogP contribution is 2.46. The Kier molecular flexibility index (Phi) is 6.53. The molecular formula is C26H30N4O6S. The Balaban J connectivity index is 1.91. The summed E-state index contributed by atoms with van der Waals surface area (Å²) in [7, 11) is -3.10. The van der Waals surface area contributed by atoms with Gasteiger partial charge in [0.15, 0.2) is 0 Å². The molecule has 2 aromatic carbocycles. The number of primary amides is 1. The van der Waals surface area contributed by atoms with Crippen LogP contribution in [0, 0.1) is 5.41 Å². The van der Waals surface area contributed by atoms with Gasteiger partial charge in [0, 0.05) is 19.0 Å². The number of urea groups is 1. The van der Waals surface area contributed by atoms with Crippen LogP contribution in [0.4, 0.5) is 15.4 Å². The number of nitrogens with two attached hydrogens (primary N) is 1. The van der Waals surface area contributed by atoms with E-state index in [-0.39, 0.29) is 17.3 Å². The molecule has 0 saturated heterocycles. The first kappa shape index (κ1) is 26.2. The molecule has 0 spiro atoms. The summed E-state index contributed by atoms with van der Waals surface area (Å²) in [5.41, 5.74) is 4.13. The van der Waals surface area contributed by atoms with Crippen molar-refractivity contribution in [2.45, 2.75) is 44.1 Å². The summed E-state index contributed by atoms with van der Waals surface area (Å²) in [6.45, 7) is 5.00. The zero-order chi connectivity index (χ0) is 27.2. The number of carbonyl (C=O) groups excluding carboxylic acids is 3. The normalized spacial score (nSPS) is 14.7. The third-order valence-electron chi connectivity index (χ3n) is 6.17. The van der Waals surface area contributed by atoms with E-state index >= 15 is 0 Å². The number of carbonyl (C=O) groups is 3. The zero-order valence-electron chi connectivity index (χ0n) is 21.2. The fourth-order valence-electron chi connectivity index (χ4n) is 4.12. The van der Waals surface area contributed by atoms with E-state index in [9.17, 15) is 22.8 Å². The first-order chi connectivity index (χ1) is 17.3. The van der Waals surface area contributed by atoms with Crippen LogP contribution >= 0.6 is 0 Å². The van der Waals surface area contributed by atoms with Gasteiger partial charge in [-0.25, -0.2) is 22.6 Å². The molecule has 1 saturated carbocycles. The van der Waals surface area contributed by atoms with Crippen molar-refractivity contribution < 1.29 is 27.5 Å². The molecule has 1 heterocycles. The lowest BCUT2D eigenvalue weighted by atomic mass is 10.1. The van der Waals surface area contributed by atoms with E-state index < -0.39 is 39.1 Å². The molecule has 196 valence electrons. The minimum Gasteiger partial charge on any atom is -0.443 e. The van der Waals surface area contributed by atoms with E-state index in [1.165, 1.54) is 37.4 Å². The second-order valence-corrected chi connectivity index (χ2v) is 12.0. The van der Waals surface area contributed by atoms with E-state index in [1.807, 2.05) is 0 Å². The molecule has 4 rings (SSSR count). The predicted molar refractivity (Wildman–Crippen MR) is 139 cm³/mol. The van der Waals surface area contributed by atoms with Crippen LogP contribution in [0.5, 0.6) is 0 Å². The number of fused-ring (bicyclic) bond motifs is 1. The molecule has 0 radical (unpaired) electrons. The van der Waals surface area contributed by atoms with Crippen LogP contribution in [0.15, 0.2) is 65.6 Å². The third kappa shape index (κ3) is 5.04. The minimum atomic E-state index is -4.50. The minimum absolute atomic E-state index is 0.0609. The van der Waals surface area contributed by atoms with Crippen LogP contribution in [-0.4, -0.2) is 55.1 Å². The number of rotatable bonds is 6. The van der Waals surface area contributed by atoms with Crippen molar-refractivity contribution >= 4 is 44.8 Å². The highest BCUT2D eigenvalue weighted by atomic mass is 32.2. The summed E-state index contributed by atoms with van der Waals surface area (Å²) in [6, 6.07) is 14.7. The van der Waals surface area contributed by atoms with Gasteiger partial charge < -0.3 is 15.4 Å². The predicted octanol–water partition coefficient (Wildman–Crippen LogP) is 3.94. The lowest BCUT2D eigenvalue weighted by molar-refractivity contribution is -0.123. The van der Waals surface area contributed by atoms with Crippen molar-refractivity contribution in [1.29, 1.82) is 0 Å². The lowest BCUT2D eigenvalue weighted by Crippen LogP contribution is -2.49. The maximum Gasteiger partial charge on any atom is 0.420 e. The Labute approximate surface area is 215 Å². The Morgan fingerprint density at radius 2 is 1.62 bits per heavy atom. The van der Waals surface area contributed by atoms with Crippen LogP contribution < -0.4 is 10.0 Å². The molecule has 1 fully saturated rings. The number of nitrogens with zero attached hydrogens (tertiary/aromatic N) is 3. The van der Waals surface area contributed by atoms with Crippen LogP contribution in [0.3, 0.4) is 0 Å². The largest absolute Gasteiger partial charge is 0.443 e. The second kappa shape index (κ2) is 9.22. The standard InChI is InChI=1S/C26H30N4O6S/c1-25(2,3)36-24(33)29-20-13-9-8-10-18(20)16-21(29)30(37(34,35)19-11-6-5-7-12-19)23(32)28(4)17-26(14-15-26)22(27)31/h5-13,16H,14-15,17H2,1-4H3,(H2,27,31). The van der Waals surface area contributed by atoms with Crippen LogP contribution in [0.1, 0.15) is 33.6 Å². The topological polar surface area (TPSA) is 132 Å². The Morgan fingerprint density at radius 3 is 2.19 bits per heavy atom. The van der Waals surface area contributed by atoms with E-state index in [0.29, 0.717) is 28.0 Å². The van der Waals surface area contributed by atoms with Crippen LogP contribution in [-0.2, 0) is 19.6 Å². The summed E-state index contributed by atoms with van der Waals surface area (Å²) in [5.74, 6) is -0.757. The van der Waals surface area contributed by atoms with Crippen molar-refractivity contribution in [1.82, 2.24) is 9.47 Å². The summed E-state index contributed by atoms with van der Waals surface area (Å²) < 4.78 is 35.1. The van der Waals surface area contributed by atoms with Crippen LogP contribution in [0.2, 0.25) is 0 Å². The number of benzene rings is 2. The molecule has 1 aliphatic rings. The summed E-state index contributed by atoms with van der Waals surface area (Å²) in [5, 5.41) is 0.530. The number of hydrogen-bond acceptors (Lipinski definition) is 6. The molecular weight excluding hydrogens is 496 g/mol. The molecule has 0 atom stereocenters. The molecule has 37 heavy (non-hydrogen) atoms. The van der Waals surface area contributed by atoms with E-state index in [1.54, 1.807) is 51.1 Å². The number of anilines is 1. The highest BCUT2D eigenvalue weighted by Gasteiger charge is 2.51. The van der Waals surface area contributed by atoms with Gasteiger partial charge >= 0.3 is 12.1 Å². The monoisotopic (exact) mass is 526 g/mol. The quantitative estimate of drug-likeness (QED) is 0.517. The molecule has 10 nitrogen and oxygen atoms in total. The van der Waals surface area contributed by atoms with E-state index in [4.69, 9.17) is 10.5 Å². The van der Waals surface area contributed by atoms with E-state index in [0.717, 1.165) is 9.47 Å². The van der Waals surface area contributed by atoms with Gasteiger partial charge in [-0.15, -0.1) is 0 Å². The maximum absolute atomic E-state index is 14.0. The summed E-state index contributed by atoms with van der Waals surface area (Å²) >= 11 is 0. The number of amides is 3. The summed E-state index contributed by atoms with van der Waals surface area (Å²) in [6.07, 6.45) is 0.163. The third-order valence-corrected chi connectivity index (χ3v) is 7.87. The lowest BCUT2D eigenvalue weighted by Gasteiger charge is -2.30. The molecule has 1 aromatic heterocycles. The SMILES string of the molecule is CN(CC1(C(N)=O)CC1)C(=O)N(c1cc2ccccc2n1C(=O)OC(C)(C)C)S(=O)(=O)c1ccccc1. The van der Waals surface area contributed by atoms with E-state index in [2.05, 4.69) is 0 Å². The number of sulfonamides is 1. The number of ether oxygens (including phenoxy) is 1. The van der Waals surface area contributed by atoms with Crippen molar-refractivity contribution in [2.24, 2.45) is 11.1 Å². The van der Waals surface area contributed by atoms with Crippen molar-refractivity contribution in [3.63, 3.8) is 0 Å². The molecule has 1 aliphatic carbocycles. The molecule has 11 heteroatoms. The Morgan fingerprint density at radius 1 is 1.03 bits per heavy atom. The number of para-hydroxylation sites is 1. The number of aromatic nitrogens is 1. The maximum atomic E-state index is 14.0. The van der Waals surface area contributed by atoms with Crippen molar-refractivity contribution in [3.8, 4) is 0 Å². The molecule has 0 bridgehead atoms. The first-order valence-electron chi connectivity index (χ1n) is 11.8. The van der Waals surface area contributed by atoms with Crippen LogP contribution in [0.25, 0.3) is 10.9 Å². The van der Waals surface area contributed by atoms with Gasteiger partial charge in [0.1, 0.15) is 11.4 Å². The highest BCUT2D eigenvalue weighted by molar-refractivity contribution is 7.93. The van der Waals surface area contributed by atoms with Gasteiger partial charge in [0.25, 0.3) is 10.0 Å². The Bertz CT molecular complexity index is 1470. The average molecular weight is 527 g/mol. The molecule has 0 aliphatic heterocycles. The molecule has 0 unspecified atom stereocenters. The zero-order valence-corrected chi connectivity index (χ0v) is 22.0. The van der Waals surface area contributed by atoms with Crippen molar-refractivity contribution in [2.75, 3.05) is 17.9 Å². The van der Waals surface area contributed by atoms with Gasteiger partial charge in [0.2, 0.25) is 5.91 Å². The van der Waals surface area contributed by atoms with Gasteiger partial charge in [-0.1, -0.05) is 36.4 Å². The van der Waals surface area contributed by atoms with Gasteiger partial charge in [-0.2, -0.15) is 4.31 Å². The molecule has 2 N–H and O–H groups in total. The fraction of sp³-hybridized carbons (Fsp3) is 0.346. The second-order valence-electron chi connectivity index (χ2n) is 10.2. The summed E-state index contributed by atoms with van der Waals surface area (Å²) in [4.78, 5) is 40.2. The smallest absolute Gasteiger partial charge is 0.420 e. The van der Waals surface area contributed by atoms with Gasteiger partial charge in [-0.3, -0.25) is 4.79 Å². The number of hydrogen-bond donors (Lipinski definition) is 1. The molecule has 3 amide bonds. The fourth-order valence-corrected chi connectivity index (χ4v) is 5.56. The average Bonchev–Trinajstić information content (AvgIpc) is 3.51. The first-order valence-corrected chi connectivity index (χ1v) is 13.2. The van der Waals surface area contributed by atoms with Gasteiger partial charge in [-0.05, 0) is 57.9 Å². The van der Waals surface area contributed by atoms with Gasteiger partial charge in [0.05, 0.1) is 15.8 Å². The van der Waals surface area contributed by atoms with Crippen molar-refractivity contribution in [3.05, 3.63) is 60.7 Å².